The molecule has 1 saturated carbocycles. The molecular weight excluding hydrogens is 555 g/mol. The van der Waals surface area contributed by atoms with E-state index in [1.807, 2.05) is 30.3 Å². The van der Waals surface area contributed by atoms with E-state index in [0.717, 1.165) is 16.9 Å². The van der Waals surface area contributed by atoms with Gasteiger partial charge in [-0.2, -0.15) is 0 Å². The first-order valence-corrected chi connectivity index (χ1v) is 16.3. The van der Waals surface area contributed by atoms with Crippen molar-refractivity contribution < 1.29 is 19.4 Å². The normalized spacial score (nSPS) is 16.8. The quantitative estimate of drug-likeness (QED) is 0.229. The van der Waals surface area contributed by atoms with Gasteiger partial charge in [-0.25, -0.2) is 4.98 Å². The van der Waals surface area contributed by atoms with Crippen LogP contribution in [0.4, 0.5) is 0 Å². The lowest BCUT2D eigenvalue weighted by Gasteiger charge is -2.41. The molecule has 5 rings (SSSR count). The van der Waals surface area contributed by atoms with Gasteiger partial charge in [-0.1, -0.05) is 18.2 Å². The smallest absolute Gasteiger partial charge is 0.269 e. The summed E-state index contributed by atoms with van der Waals surface area (Å²) in [7, 11) is 1.65. The van der Waals surface area contributed by atoms with Gasteiger partial charge in [0, 0.05) is 25.2 Å². The molecule has 2 aromatic carbocycles. The Morgan fingerprint density at radius 1 is 1.02 bits per heavy atom. The fraction of sp³-hybridized carbons (Fsp3) is 0.438. The highest BCUT2D eigenvalue weighted by atomic mass is 32.2. The van der Waals surface area contributed by atoms with E-state index in [0.29, 0.717) is 46.8 Å². The van der Waals surface area contributed by atoms with Gasteiger partial charge in [0.05, 0.1) is 24.0 Å². The lowest BCUT2D eigenvalue weighted by molar-refractivity contribution is 0.0949. The summed E-state index contributed by atoms with van der Waals surface area (Å²) < 4.78 is 11.7. The van der Waals surface area contributed by atoms with Gasteiger partial charge < -0.3 is 25.2 Å². The topological polar surface area (TPSA) is 92.7 Å². The summed E-state index contributed by atoms with van der Waals surface area (Å²) in [6.07, 6.45) is 7.77. The number of aliphatic hydroxyl groups is 1. The molecule has 41 heavy (non-hydrogen) atoms. The molecule has 9 heteroatoms. The van der Waals surface area contributed by atoms with Crippen LogP contribution in [0.1, 0.15) is 65.2 Å². The molecule has 1 saturated heterocycles. The third-order valence-corrected chi connectivity index (χ3v) is 11.3. The van der Waals surface area contributed by atoms with Crippen LogP contribution in [0.15, 0.2) is 60.8 Å². The number of carbonyl (C=O) groups is 1. The molecule has 2 aliphatic rings. The van der Waals surface area contributed by atoms with Gasteiger partial charge in [0.2, 0.25) is 0 Å². The standard InChI is InChI=1S/C32H39N3O4S2/c1-38-27-6-3-23(4-7-27)20-33-15-16-34-31(37)29-9-8-28(21-35-29)39-30-10-5-25(19-26(30)22-36)24-11-13-32(14-12-24)40-17-2-18-41-32/h3-10,19,21,24,33,36H,2,11-18,20,22H2,1H3,(H,34,37). The molecule has 218 valence electrons. The maximum Gasteiger partial charge on any atom is 0.269 e. The Bertz CT molecular complexity index is 1270. The number of hydrogen-bond donors (Lipinski definition) is 3. The van der Waals surface area contributed by atoms with Crippen molar-refractivity contribution >= 4 is 29.4 Å². The van der Waals surface area contributed by atoms with E-state index in [4.69, 9.17) is 9.47 Å². The Kier molecular flexibility index (Phi) is 10.5. The van der Waals surface area contributed by atoms with Gasteiger partial charge in [0.15, 0.2) is 0 Å². The van der Waals surface area contributed by atoms with Gasteiger partial charge in [0.1, 0.15) is 22.9 Å². The van der Waals surface area contributed by atoms with Crippen molar-refractivity contribution in [3.05, 3.63) is 83.2 Å². The van der Waals surface area contributed by atoms with E-state index in [-0.39, 0.29) is 12.5 Å². The van der Waals surface area contributed by atoms with Crippen LogP contribution in [0.5, 0.6) is 17.2 Å². The van der Waals surface area contributed by atoms with Gasteiger partial charge in [0.25, 0.3) is 5.91 Å². The number of hydrogen-bond acceptors (Lipinski definition) is 8. The minimum atomic E-state index is -0.234. The van der Waals surface area contributed by atoms with Crippen LogP contribution in [0.3, 0.4) is 0 Å². The van der Waals surface area contributed by atoms with Gasteiger partial charge in [-0.3, -0.25) is 4.79 Å². The Hall–Kier alpha value is -2.72. The third-order valence-electron chi connectivity index (χ3n) is 7.76. The molecule has 0 atom stereocenters. The lowest BCUT2D eigenvalue weighted by atomic mass is 9.83. The molecule has 2 heterocycles. The molecule has 3 N–H and O–H groups in total. The van der Waals surface area contributed by atoms with Crippen molar-refractivity contribution in [2.75, 3.05) is 31.7 Å². The molecule has 1 aliphatic carbocycles. The lowest BCUT2D eigenvalue weighted by Crippen LogP contribution is -2.32. The Balaban J connectivity index is 1.08. The van der Waals surface area contributed by atoms with Crippen LogP contribution in [0.25, 0.3) is 0 Å². The molecule has 1 amide bonds. The average Bonchev–Trinajstić information content (AvgIpc) is 3.02. The zero-order valence-corrected chi connectivity index (χ0v) is 25.2. The maximum absolute atomic E-state index is 12.5. The minimum Gasteiger partial charge on any atom is -0.497 e. The monoisotopic (exact) mass is 593 g/mol. The van der Waals surface area contributed by atoms with Crippen molar-refractivity contribution in [2.24, 2.45) is 0 Å². The first kappa shape index (κ1) is 29.8. The zero-order chi connectivity index (χ0) is 28.5. The summed E-state index contributed by atoms with van der Waals surface area (Å²) in [6.45, 7) is 1.74. The number of carbonyl (C=O) groups excluding carboxylic acids is 1. The number of aliphatic hydroxyl groups excluding tert-OH is 1. The number of thioether (sulfide) groups is 2. The van der Waals surface area contributed by atoms with E-state index in [2.05, 4.69) is 51.3 Å². The number of nitrogens with one attached hydrogen (secondary N) is 2. The fourth-order valence-electron chi connectivity index (χ4n) is 5.41. The maximum atomic E-state index is 12.5. The Morgan fingerprint density at radius 2 is 1.78 bits per heavy atom. The minimum absolute atomic E-state index is 0.0913. The number of pyridine rings is 1. The van der Waals surface area contributed by atoms with Gasteiger partial charge >= 0.3 is 0 Å². The first-order valence-electron chi connectivity index (χ1n) is 14.3. The predicted molar refractivity (Wildman–Crippen MR) is 167 cm³/mol. The molecule has 3 aromatic rings. The SMILES string of the molecule is COc1ccc(CNCCNC(=O)c2ccc(Oc3ccc(C4CCC5(CC4)SCCCS5)cc3CO)cn2)cc1. The molecule has 0 unspecified atom stereocenters. The number of benzene rings is 2. The first-order chi connectivity index (χ1) is 20.1. The highest BCUT2D eigenvalue weighted by molar-refractivity contribution is 8.18. The number of nitrogens with zero attached hydrogens (tertiary/aromatic N) is 1. The number of amides is 1. The summed E-state index contributed by atoms with van der Waals surface area (Å²) in [4.78, 5) is 16.8. The van der Waals surface area contributed by atoms with Crippen LogP contribution < -0.4 is 20.1 Å². The molecular formula is C32H39N3O4S2. The van der Waals surface area contributed by atoms with Crippen LogP contribution >= 0.6 is 23.5 Å². The van der Waals surface area contributed by atoms with Crippen LogP contribution in [0, 0.1) is 0 Å². The average molecular weight is 594 g/mol. The summed E-state index contributed by atoms with van der Waals surface area (Å²) in [5, 5.41) is 16.3. The molecule has 1 aliphatic heterocycles. The van der Waals surface area contributed by atoms with E-state index in [1.54, 1.807) is 25.4 Å². The summed E-state index contributed by atoms with van der Waals surface area (Å²) in [5.41, 5.74) is 3.53. The summed E-state index contributed by atoms with van der Waals surface area (Å²) >= 11 is 4.34. The number of aromatic nitrogens is 1. The van der Waals surface area contributed by atoms with Crippen molar-refractivity contribution in [3.8, 4) is 17.2 Å². The largest absolute Gasteiger partial charge is 0.497 e. The Labute approximate surface area is 251 Å². The fourth-order valence-corrected chi connectivity index (χ4v) is 8.79. The number of methoxy groups -OCH3 is 1. The van der Waals surface area contributed by atoms with E-state index in [9.17, 15) is 9.90 Å². The van der Waals surface area contributed by atoms with Gasteiger partial charge in [-0.05, 0) is 97.1 Å². The van der Waals surface area contributed by atoms with Crippen molar-refractivity contribution in [1.82, 2.24) is 15.6 Å². The van der Waals surface area contributed by atoms with Crippen molar-refractivity contribution in [2.45, 2.75) is 55.3 Å². The molecule has 1 spiro atoms. The van der Waals surface area contributed by atoms with E-state index in [1.165, 1.54) is 49.2 Å². The van der Waals surface area contributed by atoms with Crippen LogP contribution in [0.2, 0.25) is 0 Å². The van der Waals surface area contributed by atoms with Gasteiger partial charge in [-0.15, -0.1) is 23.5 Å². The zero-order valence-electron chi connectivity index (χ0n) is 23.6. The highest BCUT2D eigenvalue weighted by Gasteiger charge is 2.38. The number of rotatable bonds is 11. The van der Waals surface area contributed by atoms with Crippen LogP contribution in [-0.4, -0.2) is 51.8 Å². The summed E-state index contributed by atoms with van der Waals surface area (Å²) in [6, 6.07) is 17.5. The molecule has 0 bridgehead atoms. The van der Waals surface area contributed by atoms with Crippen molar-refractivity contribution in [1.29, 1.82) is 0 Å². The van der Waals surface area contributed by atoms with Crippen molar-refractivity contribution in [3.63, 3.8) is 0 Å². The van der Waals surface area contributed by atoms with E-state index >= 15 is 0 Å². The Morgan fingerprint density at radius 3 is 2.46 bits per heavy atom. The second kappa shape index (κ2) is 14.4. The third kappa shape index (κ3) is 7.97. The highest BCUT2D eigenvalue weighted by Crippen LogP contribution is 2.54. The second-order valence-corrected chi connectivity index (χ2v) is 13.7. The molecule has 7 nitrogen and oxygen atoms in total. The predicted octanol–water partition coefficient (Wildman–Crippen LogP) is 6.12. The van der Waals surface area contributed by atoms with Crippen LogP contribution in [-0.2, 0) is 13.2 Å². The number of ether oxygens (including phenoxy) is 2. The van der Waals surface area contributed by atoms with E-state index < -0.39 is 0 Å². The second-order valence-electron chi connectivity index (χ2n) is 10.5. The molecule has 1 aromatic heterocycles. The molecule has 2 fully saturated rings. The molecule has 0 radical (unpaired) electrons. The summed E-state index contributed by atoms with van der Waals surface area (Å²) in [5.74, 6) is 4.85.